The van der Waals surface area contributed by atoms with Crippen molar-refractivity contribution in [1.82, 2.24) is 0 Å². The molecule has 0 aliphatic carbocycles. The molecule has 0 aliphatic heterocycles. The predicted octanol–water partition coefficient (Wildman–Crippen LogP) is 41.3. The summed E-state index contributed by atoms with van der Waals surface area (Å²) in [5.41, 5.74) is 51.3. The van der Waals surface area contributed by atoms with E-state index in [1.165, 1.54) is 233 Å². The van der Waals surface area contributed by atoms with Crippen molar-refractivity contribution in [1.29, 1.82) is 0 Å². The summed E-state index contributed by atoms with van der Waals surface area (Å²) in [7, 11) is 0. The normalized spacial score (nSPS) is 10.5. The van der Waals surface area contributed by atoms with Crippen LogP contribution < -0.4 is 4.74 Å². The van der Waals surface area contributed by atoms with E-state index in [1.54, 1.807) is 0 Å². The molecule has 22 aromatic rings. The highest BCUT2D eigenvalue weighted by atomic mass is 16.5. The summed E-state index contributed by atoms with van der Waals surface area (Å²) in [6.07, 6.45) is 1.03. The molecule has 1 nitrogen and oxygen atoms in total. The van der Waals surface area contributed by atoms with Crippen molar-refractivity contribution in [3.63, 3.8) is 0 Å². The highest BCUT2D eigenvalue weighted by molar-refractivity contribution is 6.05. The first-order chi connectivity index (χ1) is 71.8. The molecule has 0 bridgehead atoms. The summed E-state index contributed by atoms with van der Waals surface area (Å²) in [6, 6.07) is 186. The SMILES string of the molecule is Cc1ccc(-c2ccc(-c3ccc(-c4ccc(C)cc4)cc3)cc2)cc1.Cc1ccc(-c2ccc(-c3ccc(C)cc3)c3ccccc23)cc1.Cc1ccc(-c2ccc(-c3ccc(C)cc3)cc2)cc1.Cc1ccc(-c2ccc(C)cc2)cc1.Cc1ccc(-c2cccc(-c3cccc(-c4ccc(C)cc4)c3)c2)cc1.Cc1ccc(C)cc1.Cc1ccc(Cc2ccc(C)cc2)cc1.Cc1ccc(Oc2ccc(C)cc2)cc1. The minimum Gasteiger partial charge on any atom is -0.457 e. The summed E-state index contributed by atoms with van der Waals surface area (Å²) < 4.78 is 5.69. The molecule has 730 valence electrons. The van der Waals surface area contributed by atoms with Crippen LogP contribution in [0, 0.1) is 111 Å². The fraction of sp³-hybridized carbons (Fsp3) is 0.116. The van der Waals surface area contributed by atoms with Crippen LogP contribution in [-0.4, -0.2) is 0 Å². The Hall–Kier alpha value is -17.1. The molecule has 0 N–H and O–H groups in total. The van der Waals surface area contributed by atoms with Crippen molar-refractivity contribution in [3.8, 4) is 134 Å². The van der Waals surface area contributed by atoms with Crippen molar-refractivity contribution in [2.24, 2.45) is 0 Å². The van der Waals surface area contributed by atoms with Crippen LogP contribution in [0.5, 0.6) is 11.5 Å². The molecule has 148 heavy (non-hydrogen) atoms. The number of aryl methyl sites for hydroxylation is 16. The van der Waals surface area contributed by atoms with Gasteiger partial charge in [-0.1, -0.05) is 574 Å². The Labute approximate surface area is 882 Å². The van der Waals surface area contributed by atoms with Gasteiger partial charge in [0.15, 0.2) is 0 Å². The summed E-state index contributed by atoms with van der Waals surface area (Å²) in [6.45, 7) is 33.8. The van der Waals surface area contributed by atoms with E-state index in [4.69, 9.17) is 4.74 Å². The zero-order valence-electron chi connectivity index (χ0n) is 88.8. The molecule has 0 saturated heterocycles. The summed E-state index contributed by atoms with van der Waals surface area (Å²) in [5.74, 6) is 1.76. The molecule has 0 spiro atoms. The number of rotatable bonds is 15. The van der Waals surface area contributed by atoms with Crippen molar-refractivity contribution in [3.05, 3.63) is 622 Å². The maximum absolute atomic E-state index is 5.69. The second-order valence-corrected chi connectivity index (χ2v) is 39.3. The average Bonchev–Trinajstić information content (AvgIpc) is 0.770. The van der Waals surface area contributed by atoms with E-state index in [1.807, 2.05) is 48.5 Å². The molecule has 0 radical (unpaired) electrons. The van der Waals surface area contributed by atoms with E-state index < -0.39 is 0 Å². The lowest BCUT2D eigenvalue weighted by atomic mass is 9.92. The zero-order valence-corrected chi connectivity index (χ0v) is 88.8. The van der Waals surface area contributed by atoms with Crippen LogP contribution in [-0.2, 0) is 6.42 Å². The number of hydrogen-bond donors (Lipinski definition) is 0. The molecule has 0 atom stereocenters. The second-order valence-electron chi connectivity index (χ2n) is 39.3. The zero-order chi connectivity index (χ0) is 104. The van der Waals surface area contributed by atoms with Gasteiger partial charge in [0.1, 0.15) is 11.5 Å². The van der Waals surface area contributed by atoms with E-state index in [0.29, 0.717) is 0 Å². The van der Waals surface area contributed by atoms with Gasteiger partial charge < -0.3 is 4.74 Å². The van der Waals surface area contributed by atoms with Gasteiger partial charge >= 0.3 is 0 Å². The first kappa shape index (κ1) is 105. The number of benzene rings is 22. The Bertz CT molecular complexity index is 7300. The van der Waals surface area contributed by atoms with Crippen molar-refractivity contribution >= 4 is 10.8 Å². The largest absolute Gasteiger partial charge is 0.457 e. The van der Waals surface area contributed by atoms with Crippen LogP contribution in [0.25, 0.3) is 133 Å². The van der Waals surface area contributed by atoms with Gasteiger partial charge in [-0.05, 0) is 298 Å². The fourth-order valence-electron chi connectivity index (χ4n) is 17.2. The average molecular weight is 1920 g/mol. The smallest absolute Gasteiger partial charge is 0.127 e. The van der Waals surface area contributed by atoms with Gasteiger partial charge in [-0.15, -0.1) is 0 Å². The predicted molar refractivity (Wildman–Crippen MR) is 640 cm³/mol. The standard InChI is InChI=1S/2C26H22.C24H20.C20H18.C15H16.C14H14O.C14H14.C8H10/c1-19-3-7-21(8-4-19)23-11-15-25(16-12-23)26-17-13-24(14-18-26)22-9-5-20(2)6-10-22;1-19-9-13-21(14-10-19)23-5-3-7-25(17-23)26-8-4-6-24(18-26)22-15-11-20(2)12-16-22;1-17-7-11-19(12-8-17)21-15-16-22(20-13-9-18(2)10-14-20)24-6-4-3-5-23(21)24;1-15-3-7-17(8-4-15)19-11-13-20(14-12-19)18-9-5-16(2)6-10-18;1-12-3-7-14(8-4-12)11-15-9-5-13(2)6-10-15;1-11-3-7-13(8-4-11)15-14-9-5-12(2)6-10-14;1-11-3-7-13(8-4-11)14-9-5-12(2)6-10-14;1-7-3-5-8(2)6-4-7/h2*3-18H,1-2H3;3-16H,1-2H3;3-14H,1-2H3;3-10H,11H2,1-2H3;3-10H,1-2H3;3-10H,1-2H3;3-6H,1-2H3. The molecule has 0 heterocycles. The van der Waals surface area contributed by atoms with Gasteiger partial charge in [0.25, 0.3) is 0 Å². The lowest BCUT2D eigenvalue weighted by Gasteiger charge is -2.12. The quantitative estimate of drug-likeness (QED) is 0.0994. The minimum atomic E-state index is 0.879. The molecule has 0 amide bonds. The maximum atomic E-state index is 5.69. The van der Waals surface area contributed by atoms with E-state index in [0.717, 1.165) is 17.9 Å². The molecular formula is C147H136O. The van der Waals surface area contributed by atoms with Crippen molar-refractivity contribution in [2.45, 2.75) is 117 Å². The number of fused-ring (bicyclic) bond motifs is 1. The highest BCUT2D eigenvalue weighted by Gasteiger charge is 2.13. The van der Waals surface area contributed by atoms with Gasteiger partial charge in [0.05, 0.1) is 0 Å². The summed E-state index contributed by atoms with van der Waals surface area (Å²) >= 11 is 0. The molecule has 0 saturated carbocycles. The van der Waals surface area contributed by atoms with Crippen LogP contribution in [0.15, 0.2) is 522 Å². The van der Waals surface area contributed by atoms with Crippen LogP contribution in [0.4, 0.5) is 0 Å². The van der Waals surface area contributed by atoms with Crippen LogP contribution >= 0.6 is 0 Å². The minimum absolute atomic E-state index is 0.879. The molecule has 0 aromatic heterocycles. The Morgan fingerprint density at radius 3 is 0.432 bits per heavy atom. The third-order valence-corrected chi connectivity index (χ3v) is 26.6. The van der Waals surface area contributed by atoms with Gasteiger partial charge in [-0.25, -0.2) is 0 Å². The van der Waals surface area contributed by atoms with Gasteiger partial charge in [-0.2, -0.15) is 0 Å². The molecule has 0 fully saturated rings. The summed E-state index contributed by atoms with van der Waals surface area (Å²) in [5, 5.41) is 2.61. The lowest BCUT2D eigenvalue weighted by Crippen LogP contribution is -1.88. The highest BCUT2D eigenvalue weighted by Crippen LogP contribution is 2.39. The summed E-state index contributed by atoms with van der Waals surface area (Å²) in [4.78, 5) is 0. The molecular weight excluding hydrogens is 1780 g/mol. The number of hydrogen-bond acceptors (Lipinski definition) is 1. The lowest BCUT2D eigenvalue weighted by molar-refractivity contribution is 0.482. The topological polar surface area (TPSA) is 9.23 Å². The van der Waals surface area contributed by atoms with Crippen LogP contribution in [0.1, 0.15) is 100 Å². The van der Waals surface area contributed by atoms with Crippen LogP contribution in [0.3, 0.4) is 0 Å². The van der Waals surface area contributed by atoms with Gasteiger partial charge in [0.2, 0.25) is 0 Å². The fourth-order valence-corrected chi connectivity index (χ4v) is 17.2. The Kier molecular flexibility index (Phi) is 37.3. The second kappa shape index (κ2) is 52.4. The van der Waals surface area contributed by atoms with E-state index in [9.17, 15) is 0 Å². The monoisotopic (exact) mass is 1920 g/mol. The first-order valence-corrected chi connectivity index (χ1v) is 51.5. The first-order valence-electron chi connectivity index (χ1n) is 51.5. The Morgan fingerprint density at radius 1 is 0.115 bits per heavy atom. The van der Waals surface area contributed by atoms with Gasteiger partial charge in [0, 0.05) is 0 Å². The molecule has 22 aromatic carbocycles. The third-order valence-electron chi connectivity index (χ3n) is 26.6. The molecule has 1 heteroatoms. The third kappa shape index (κ3) is 31.5. The Balaban J connectivity index is 0.000000129. The van der Waals surface area contributed by atoms with Crippen molar-refractivity contribution < 1.29 is 4.74 Å². The van der Waals surface area contributed by atoms with Gasteiger partial charge in [-0.3, -0.25) is 0 Å². The Morgan fingerprint density at radius 2 is 0.250 bits per heavy atom. The van der Waals surface area contributed by atoms with E-state index in [2.05, 4.69) is 584 Å². The molecule has 0 aliphatic rings. The van der Waals surface area contributed by atoms with E-state index >= 15 is 0 Å². The maximum Gasteiger partial charge on any atom is 0.127 e. The van der Waals surface area contributed by atoms with E-state index in [-0.39, 0.29) is 0 Å². The molecule has 22 rings (SSSR count). The van der Waals surface area contributed by atoms with Crippen LogP contribution in [0.2, 0.25) is 0 Å². The van der Waals surface area contributed by atoms with Crippen molar-refractivity contribution in [2.75, 3.05) is 0 Å². The molecule has 0 unspecified atom stereocenters. The number of ether oxygens (including phenoxy) is 1.